The maximum Gasteiger partial charge on any atom is 0.418 e. The van der Waals surface area contributed by atoms with Gasteiger partial charge in [-0.1, -0.05) is 11.2 Å². The summed E-state index contributed by atoms with van der Waals surface area (Å²) in [4.78, 5) is 66.9. The molecule has 3 amide bonds. The van der Waals surface area contributed by atoms with Crippen molar-refractivity contribution in [3.63, 3.8) is 0 Å². The van der Waals surface area contributed by atoms with Gasteiger partial charge in [0.25, 0.3) is 5.91 Å². The number of ketones is 1. The number of nitrogens with one attached hydrogen (secondary N) is 2. The van der Waals surface area contributed by atoms with E-state index in [9.17, 15) is 27.6 Å². The largest absolute Gasteiger partial charge is 0.490 e. The predicted molar refractivity (Wildman–Crippen MR) is 212 cm³/mol. The fourth-order valence-corrected chi connectivity index (χ4v) is 6.86. The Labute approximate surface area is 341 Å². The second-order valence-electron chi connectivity index (χ2n) is 16.0. The molecule has 58 heavy (non-hydrogen) atoms. The zero-order chi connectivity index (χ0) is 43.1. The normalized spacial score (nSPS) is 17.1. The van der Waals surface area contributed by atoms with E-state index in [0.29, 0.717) is 30.3 Å². The number of carbonyl (C=O) groups excluding carboxylic acids is 4. The Bertz CT molecular complexity index is 1970. The summed E-state index contributed by atoms with van der Waals surface area (Å²) in [5.41, 5.74) is 5.32. The molecule has 5 N–H and O–H groups in total. The van der Waals surface area contributed by atoms with Crippen LogP contribution in [0.5, 0.6) is 5.75 Å². The number of hydroxylamine groups is 2. The fourth-order valence-electron chi connectivity index (χ4n) is 5.86. The summed E-state index contributed by atoms with van der Waals surface area (Å²) in [5, 5.41) is 11.2. The summed E-state index contributed by atoms with van der Waals surface area (Å²) in [7, 11) is -4.95. The number of aromatic nitrogens is 1. The lowest BCUT2D eigenvalue weighted by atomic mass is 9.74. The molecule has 1 aromatic heterocycles. The van der Waals surface area contributed by atoms with Crippen LogP contribution >= 0.6 is 11.3 Å². The van der Waals surface area contributed by atoms with Gasteiger partial charge in [-0.05, 0) is 91.5 Å². The number of alkyl carbamates (subject to hydrolysis) is 2. The Morgan fingerprint density at radius 1 is 1.05 bits per heavy atom. The number of guanidine groups is 1. The van der Waals surface area contributed by atoms with E-state index in [-0.39, 0.29) is 42.1 Å². The summed E-state index contributed by atoms with van der Waals surface area (Å²) in [6, 6.07) is 5.82. The Hall–Kier alpha value is -4.90. The highest BCUT2D eigenvalue weighted by Gasteiger charge is 2.57. The molecule has 0 bridgehead atoms. The molecular weight excluding hydrogens is 801 g/mol. The number of nitrogens with two attached hydrogens (primary N) is 1. The van der Waals surface area contributed by atoms with Crippen LogP contribution in [0.3, 0.4) is 0 Å². The van der Waals surface area contributed by atoms with E-state index in [1.807, 2.05) is 18.2 Å². The molecule has 0 saturated carbocycles. The molecule has 1 aromatic carbocycles. The van der Waals surface area contributed by atoms with Gasteiger partial charge in [0, 0.05) is 38.0 Å². The first-order valence-electron chi connectivity index (χ1n) is 18.4. The van der Waals surface area contributed by atoms with Crippen LogP contribution in [0.1, 0.15) is 85.1 Å². The summed E-state index contributed by atoms with van der Waals surface area (Å²) >= 11 is 1.08. The van der Waals surface area contributed by atoms with Crippen molar-refractivity contribution in [2.24, 2.45) is 16.1 Å². The SMILES string of the molecule is CC(C)(C)OC(=O)NC(=NCCCN1CCc2cc(OCCO/N=C(\C(=O)C[C@@H]3C(=O)N(OS(=O)(=O)O)C3(C)C)c3csc(N)n3)ccc2C1)NC(=O)OC(C)(C)C. The number of anilines is 1. The van der Waals surface area contributed by atoms with E-state index in [0.717, 1.165) is 42.0 Å². The van der Waals surface area contributed by atoms with Crippen LogP contribution in [0.4, 0.5) is 14.7 Å². The minimum absolute atomic E-state index is 0.0319. The fraction of sp³-hybridized carbons (Fsp3) is 0.583. The van der Waals surface area contributed by atoms with Gasteiger partial charge in [0.05, 0.1) is 11.5 Å². The van der Waals surface area contributed by atoms with Crippen molar-refractivity contribution in [3.05, 3.63) is 40.4 Å². The van der Waals surface area contributed by atoms with E-state index in [1.165, 1.54) is 19.2 Å². The maximum atomic E-state index is 13.3. The van der Waals surface area contributed by atoms with Crippen LogP contribution in [0, 0.1) is 5.92 Å². The summed E-state index contributed by atoms with van der Waals surface area (Å²) in [5.74, 6) is -1.81. The van der Waals surface area contributed by atoms with Crippen LogP contribution < -0.4 is 21.1 Å². The number of hydrogen-bond acceptors (Lipinski definition) is 17. The van der Waals surface area contributed by atoms with Crippen LogP contribution in [-0.4, -0.2) is 113 Å². The lowest BCUT2D eigenvalue weighted by molar-refractivity contribution is -0.228. The molecule has 2 aromatic rings. The Kier molecular flexibility index (Phi) is 14.8. The molecular formula is C36H52N8O12S2. The molecule has 1 saturated heterocycles. The number of carbonyl (C=O) groups is 4. The van der Waals surface area contributed by atoms with Crippen LogP contribution in [-0.2, 0) is 51.5 Å². The second-order valence-corrected chi connectivity index (χ2v) is 17.8. The van der Waals surface area contributed by atoms with E-state index < -0.39 is 56.9 Å². The minimum Gasteiger partial charge on any atom is -0.490 e. The number of fused-ring (bicyclic) bond motifs is 1. The number of Topliss-reactive ketones (excluding diaryl/α,β-unsaturated/α-hetero) is 1. The lowest BCUT2D eigenvalue weighted by Crippen LogP contribution is -2.68. The molecule has 20 nitrogen and oxygen atoms in total. The number of amides is 3. The zero-order valence-electron chi connectivity index (χ0n) is 33.8. The number of thiazole rings is 1. The third-order valence-corrected chi connectivity index (χ3v) is 9.48. The predicted octanol–water partition coefficient (Wildman–Crippen LogP) is 3.61. The highest BCUT2D eigenvalue weighted by Crippen LogP contribution is 2.40. The first-order chi connectivity index (χ1) is 26.9. The lowest BCUT2D eigenvalue weighted by Gasteiger charge is -2.50. The number of oxime groups is 1. The van der Waals surface area contributed by atoms with Gasteiger partial charge >= 0.3 is 22.6 Å². The molecule has 4 rings (SSSR count). The molecule has 1 atom stereocenters. The number of nitrogen functional groups attached to an aromatic ring is 1. The topological polar surface area (TPSA) is 263 Å². The minimum atomic E-state index is -4.95. The van der Waals surface area contributed by atoms with Crippen LogP contribution in [0.25, 0.3) is 0 Å². The van der Waals surface area contributed by atoms with Gasteiger partial charge in [-0.25, -0.2) is 14.6 Å². The van der Waals surface area contributed by atoms with Crippen molar-refractivity contribution in [1.29, 1.82) is 0 Å². The molecule has 1 fully saturated rings. The van der Waals surface area contributed by atoms with Gasteiger partial charge in [-0.15, -0.1) is 15.6 Å². The van der Waals surface area contributed by atoms with Gasteiger partial charge < -0.3 is 24.8 Å². The standard InChI is InChI=1S/C36H52N8O12S2/c1-34(2,3)54-32(47)40-31(41-33(48)55-35(4,5)6)38-13-9-14-43-15-12-22-18-24(11-10-23(22)20-43)52-16-17-53-42-28(26-21-57-30(37)39-26)27(45)19-25-29(46)44(36(25,7)8)56-58(49,50)51/h10-11,18,21,25H,9,12-17,19-20H2,1-8H3,(H2,37,39)(H,49,50,51)(H2,38,40,41,47,48)/b42-28-/t25-/m1/s1. The van der Waals surface area contributed by atoms with E-state index in [4.69, 9.17) is 29.3 Å². The molecule has 0 unspecified atom stereocenters. The van der Waals surface area contributed by atoms with Crippen molar-refractivity contribution < 1.29 is 55.5 Å². The maximum absolute atomic E-state index is 13.3. The average molecular weight is 853 g/mol. The molecule has 0 aliphatic carbocycles. The second kappa shape index (κ2) is 18.8. The number of β-lactam (4-membered cyclic amide) rings is 1. The number of ether oxygens (including phenoxy) is 3. The summed E-state index contributed by atoms with van der Waals surface area (Å²) in [6.07, 6.45) is -0.439. The average Bonchev–Trinajstić information content (AvgIpc) is 3.52. The first kappa shape index (κ1) is 45.8. The number of aliphatic imine (C=N–C) groups is 1. The Morgan fingerprint density at radius 3 is 2.28 bits per heavy atom. The van der Waals surface area contributed by atoms with Crippen molar-refractivity contribution in [3.8, 4) is 5.75 Å². The highest BCUT2D eigenvalue weighted by atomic mass is 32.3. The monoisotopic (exact) mass is 852 g/mol. The summed E-state index contributed by atoms with van der Waals surface area (Å²) in [6.45, 7) is 16.0. The quantitative estimate of drug-likeness (QED) is 0.0498. The molecule has 0 spiro atoms. The smallest absolute Gasteiger partial charge is 0.418 e. The van der Waals surface area contributed by atoms with Gasteiger partial charge in [0.2, 0.25) is 5.96 Å². The molecule has 3 heterocycles. The molecule has 2 aliphatic heterocycles. The highest BCUT2D eigenvalue weighted by molar-refractivity contribution is 7.80. The number of nitrogens with zero attached hydrogens (tertiary/aromatic N) is 5. The van der Waals surface area contributed by atoms with Crippen molar-refractivity contribution in [1.82, 2.24) is 25.6 Å². The molecule has 320 valence electrons. The molecule has 0 radical (unpaired) electrons. The van der Waals surface area contributed by atoms with Crippen molar-refractivity contribution in [2.45, 2.75) is 97.9 Å². The van der Waals surface area contributed by atoms with E-state index in [1.54, 1.807) is 41.5 Å². The Morgan fingerprint density at radius 2 is 1.71 bits per heavy atom. The van der Waals surface area contributed by atoms with Gasteiger partial charge in [0.15, 0.2) is 23.2 Å². The van der Waals surface area contributed by atoms with Crippen molar-refractivity contribution in [2.75, 3.05) is 38.6 Å². The first-order valence-corrected chi connectivity index (χ1v) is 20.6. The van der Waals surface area contributed by atoms with Crippen LogP contribution in [0.2, 0.25) is 0 Å². The molecule has 2 aliphatic rings. The Balaban J connectivity index is 1.27. The number of rotatable bonds is 15. The number of hydrogen-bond donors (Lipinski definition) is 4. The van der Waals surface area contributed by atoms with E-state index >= 15 is 0 Å². The number of benzene rings is 1. The van der Waals surface area contributed by atoms with Crippen LogP contribution in [0.15, 0.2) is 33.7 Å². The third-order valence-electron chi connectivity index (χ3n) is 8.47. The van der Waals surface area contributed by atoms with Gasteiger partial charge in [0.1, 0.15) is 29.3 Å². The third kappa shape index (κ3) is 13.9. The summed E-state index contributed by atoms with van der Waals surface area (Å²) < 4.78 is 52.2. The molecule has 22 heteroatoms. The van der Waals surface area contributed by atoms with Crippen molar-refractivity contribution >= 4 is 62.4 Å². The van der Waals surface area contributed by atoms with Gasteiger partial charge in [-0.2, -0.15) is 13.5 Å². The van der Waals surface area contributed by atoms with E-state index in [2.05, 4.69) is 34.9 Å². The van der Waals surface area contributed by atoms with Gasteiger partial charge in [-0.3, -0.25) is 34.7 Å². The zero-order valence-corrected chi connectivity index (χ0v) is 35.5.